The van der Waals surface area contributed by atoms with Gasteiger partial charge in [-0.3, -0.25) is 15.0 Å². The molecule has 13 aromatic rings. The lowest BCUT2D eigenvalue weighted by Gasteiger charge is -1.70. The summed E-state index contributed by atoms with van der Waals surface area (Å²) in [5.74, 6) is 3.51. The van der Waals surface area contributed by atoms with Gasteiger partial charge in [-0.1, -0.05) is 186 Å². The van der Waals surface area contributed by atoms with Gasteiger partial charge in [0.2, 0.25) is 0 Å². The fourth-order valence-corrected chi connectivity index (χ4v) is 6.84. The molecule has 13 heterocycles. The van der Waals surface area contributed by atoms with Crippen LogP contribution in [0.2, 0.25) is 0 Å². The van der Waals surface area contributed by atoms with E-state index in [9.17, 15) is 0 Å². The summed E-state index contributed by atoms with van der Waals surface area (Å²) in [7, 11) is 0. The normalized spacial score (nSPS) is 7.38. The van der Waals surface area contributed by atoms with Crippen molar-refractivity contribution in [3.63, 3.8) is 0 Å². The average Bonchev–Trinajstić information content (AvgIpc) is 4.52. The molecule has 0 saturated heterocycles. The summed E-state index contributed by atoms with van der Waals surface area (Å²) in [6.07, 6.45) is 27.3. The maximum atomic E-state index is 4.83. The Labute approximate surface area is 658 Å². The molecule has 15 nitrogen and oxygen atoms in total. The highest BCUT2D eigenvalue weighted by Crippen LogP contribution is 2.04. The third-order valence-corrected chi connectivity index (χ3v) is 11.8. The fraction of sp³-hybridized carbons (Fsp3) is 0.464. The number of oxazole rings is 3. The minimum atomic E-state index is 0.718. The number of nitrogens with one attached hydrogen (secondary N) is 3. The van der Waals surface area contributed by atoms with Crippen molar-refractivity contribution in [2.75, 3.05) is 0 Å². The van der Waals surface area contributed by atoms with Crippen molar-refractivity contribution < 1.29 is 22.1 Å². The predicted molar refractivity (Wildman–Crippen MR) is 471 cm³/mol. The third-order valence-electron chi connectivity index (χ3n) is 8.13. The maximum absolute atomic E-state index is 4.83. The van der Waals surface area contributed by atoms with Crippen LogP contribution in [0.4, 0.5) is 0 Å². The SMILES string of the molecule is CC.CC.CC.CC.CC.CC.CC.CC.CC.CC.CC.CC.CC.Cc1cc[nH]c1.Cc1ccc[nH]1.Cc1ccco1.Cc1cccs1.Cc1ccoc1.Cc1ccsc1.Cc1cnco1.Cc1cncs1.Cc1cocn1.Cc1cscn1.Cc1ncc[nH]1.Cc1ncco1.Cc1nccs1. The second-order valence-electron chi connectivity index (χ2n) is 15.6. The molecule has 0 amide bonds. The van der Waals surface area contributed by atoms with Gasteiger partial charge in [0.05, 0.1) is 52.9 Å². The van der Waals surface area contributed by atoms with Crippen LogP contribution in [0.15, 0.2) is 214 Å². The summed E-state index contributed by atoms with van der Waals surface area (Å²) in [6.45, 7) is 77.6. The Morgan fingerprint density at radius 3 is 1.11 bits per heavy atom. The average molecular weight is 1540 g/mol. The highest BCUT2D eigenvalue weighted by Gasteiger charge is 1.82. The van der Waals surface area contributed by atoms with E-state index < -0.39 is 0 Å². The number of aromatic nitrogens is 10. The molecule has 0 aliphatic carbocycles. The fourth-order valence-electron chi connectivity index (χ4n) is 4.25. The topological polar surface area (TPSA) is 203 Å². The first-order chi connectivity index (χ1) is 50.6. The predicted octanol–water partition coefficient (Wildman–Crippen LogP) is 31.3. The van der Waals surface area contributed by atoms with Crippen molar-refractivity contribution in [1.29, 1.82) is 0 Å². The molecule has 13 rings (SSSR count). The van der Waals surface area contributed by atoms with Crippen molar-refractivity contribution in [3.05, 3.63) is 264 Å². The van der Waals surface area contributed by atoms with E-state index in [0.29, 0.717) is 0 Å². The molecule has 0 atom stereocenters. The molecule has 0 saturated carbocycles. The van der Waals surface area contributed by atoms with Gasteiger partial charge < -0.3 is 37.0 Å². The lowest BCUT2D eigenvalue weighted by atomic mass is 10.4. The molecule has 0 bridgehead atoms. The van der Waals surface area contributed by atoms with Gasteiger partial charge >= 0.3 is 0 Å². The molecule has 0 radical (unpaired) electrons. The van der Waals surface area contributed by atoms with Crippen LogP contribution in [0.1, 0.15) is 252 Å². The Morgan fingerprint density at radius 1 is 0.356 bits per heavy atom. The summed E-state index contributed by atoms with van der Waals surface area (Å²) < 4.78 is 23.6. The maximum Gasteiger partial charge on any atom is 0.190 e. The number of rotatable bonds is 0. The molecule has 0 fully saturated rings. The lowest BCUT2D eigenvalue weighted by molar-refractivity contribution is 0.521. The monoisotopic (exact) mass is 1540 g/mol. The lowest BCUT2D eigenvalue weighted by Crippen LogP contribution is -1.66. The largest absolute Gasteiger partial charge is 0.472 e. The number of nitrogens with zero attached hydrogens (tertiary/aromatic N) is 7. The van der Waals surface area contributed by atoms with Crippen LogP contribution >= 0.6 is 56.7 Å². The van der Waals surface area contributed by atoms with Crippen LogP contribution in [-0.4, -0.2) is 49.8 Å². The summed E-state index contributed by atoms with van der Waals surface area (Å²) in [4.78, 5) is 38.2. The van der Waals surface area contributed by atoms with Gasteiger partial charge in [-0.05, 0) is 164 Å². The molecule has 20 heteroatoms. The Kier molecular flexibility index (Phi) is 148. The first-order valence-corrected chi connectivity index (χ1v) is 41.4. The zero-order chi connectivity index (χ0) is 83.3. The van der Waals surface area contributed by atoms with Gasteiger partial charge in [0, 0.05) is 82.2 Å². The second kappa shape index (κ2) is 122. The number of furan rings is 2. The molecule has 0 aromatic carbocycles. The summed E-state index contributed by atoms with van der Waals surface area (Å²) in [5.41, 5.74) is 10.7. The highest BCUT2D eigenvalue weighted by molar-refractivity contribution is 7.10. The van der Waals surface area contributed by atoms with Gasteiger partial charge in [0.1, 0.15) is 29.9 Å². The van der Waals surface area contributed by atoms with Crippen LogP contribution < -0.4 is 0 Å². The number of imidazole rings is 1. The van der Waals surface area contributed by atoms with Crippen LogP contribution in [0, 0.1) is 90.0 Å². The molecular weight excluding hydrogens is 1390 g/mol. The molecule has 104 heavy (non-hydrogen) atoms. The molecule has 13 aromatic heterocycles. The van der Waals surface area contributed by atoms with Gasteiger partial charge in [-0.15, -0.1) is 45.3 Å². The van der Waals surface area contributed by atoms with E-state index in [4.69, 9.17) is 17.7 Å². The summed E-state index contributed by atoms with van der Waals surface area (Å²) in [6, 6.07) is 18.0. The first-order valence-electron chi connectivity index (χ1n) is 36.9. The van der Waals surface area contributed by atoms with E-state index in [1.54, 1.807) is 126 Å². The van der Waals surface area contributed by atoms with E-state index in [-0.39, 0.29) is 0 Å². The standard InChI is InChI=1S/2C5H7N.2C5H6O.2C5H6S.C4H6N2.3C4H5NO.3C4H5NS.13C2H6/c1-5-2-3-6-4-5;1-5-3-2-4-6-5;1-5-2-3-6-4-5;1-5-3-2-4-6-5;1-5-2-3-6-4-5;1-5-3-2-4-6-5;1-4-5-2-3-6-4;1-4-2-6-3-5-4;1-4-2-5-3-6-4;1-4-5-2-3-6-4;1-4-2-6-3-5-4;1-4-2-5-3-6-4;1-4-5-2-3-6-4;13*1-2/h2*2-4,6H,1H3;4*2-4H,1H3;2-3H,1H3,(H,5,6);6*2-3H,1H3;13*1-2H3. The Hall–Kier alpha value is -7.75. The zero-order valence-corrected chi connectivity index (χ0v) is 76.8. The van der Waals surface area contributed by atoms with Crippen LogP contribution in [-0.2, 0) is 0 Å². The van der Waals surface area contributed by atoms with E-state index in [1.807, 2.05) is 325 Å². The molecule has 0 aliphatic rings. The smallest absolute Gasteiger partial charge is 0.190 e. The van der Waals surface area contributed by atoms with Gasteiger partial charge in [-0.25, -0.2) is 19.9 Å². The molecule has 0 spiro atoms. The minimum absolute atomic E-state index is 0.718. The van der Waals surface area contributed by atoms with Crippen molar-refractivity contribution in [2.24, 2.45) is 0 Å². The number of aromatic amines is 3. The summed E-state index contributed by atoms with van der Waals surface area (Å²) in [5, 5.41) is 11.4. The molecule has 0 unspecified atom stereocenters. The van der Waals surface area contributed by atoms with Crippen LogP contribution in [0.25, 0.3) is 0 Å². The van der Waals surface area contributed by atoms with Crippen molar-refractivity contribution in [1.82, 2.24) is 49.8 Å². The minimum Gasteiger partial charge on any atom is -0.472 e. The Morgan fingerprint density at radius 2 is 0.981 bits per heavy atom. The molecule has 3 N–H and O–H groups in total. The number of thiazole rings is 3. The second-order valence-corrected chi connectivity index (χ2v) is 20.4. The Balaban J connectivity index is -0.0000000764. The number of hydrogen-bond acceptors (Lipinski definition) is 17. The highest BCUT2D eigenvalue weighted by atomic mass is 32.1. The van der Waals surface area contributed by atoms with E-state index in [0.717, 1.165) is 39.6 Å². The van der Waals surface area contributed by atoms with E-state index in [1.165, 1.54) is 44.9 Å². The Bertz CT molecular complexity index is 2230. The number of hydrogen-bond donors (Lipinski definition) is 3. The van der Waals surface area contributed by atoms with Gasteiger partial charge in [0.25, 0.3) is 0 Å². The molecule has 598 valence electrons. The summed E-state index contributed by atoms with van der Waals surface area (Å²) >= 11 is 8.48. The number of thiophene rings is 2. The molecule has 0 aliphatic heterocycles. The number of aryl methyl sites for hydroxylation is 13. The van der Waals surface area contributed by atoms with E-state index >= 15 is 0 Å². The van der Waals surface area contributed by atoms with Crippen LogP contribution in [0.5, 0.6) is 0 Å². The van der Waals surface area contributed by atoms with Gasteiger partial charge in [-0.2, -0.15) is 11.3 Å². The van der Waals surface area contributed by atoms with Gasteiger partial charge in [0.15, 0.2) is 18.7 Å². The quantitative estimate of drug-likeness (QED) is 0.130. The van der Waals surface area contributed by atoms with E-state index in [2.05, 4.69) is 109 Å². The van der Waals surface area contributed by atoms with Crippen LogP contribution in [0.3, 0.4) is 0 Å². The van der Waals surface area contributed by atoms with Crippen molar-refractivity contribution in [2.45, 2.75) is 270 Å². The zero-order valence-electron chi connectivity index (χ0n) is 72.7. The first kappa shape index (κ1) is 126. The van der Waals surface area contributed by atoms with Crippen molar-refractivity contribution in [3.8, 4) is 0 Å². The number of H-pyrrole nitrogens is 3. The molecular formula is C84H152N10O5S5. The third kappa shape index (κ3) is 118. The van der Waals surface area contributed by atoms with Crippen molar-refractivity contribution >= 4 is 56.7 Å².